The van der Waals surface area contributed by atoms with Gasteiger partial charge in [0.2, 0.25) is 5.91 Å². The third-order valence-corrected chi connectivity index (χ3v) is 3.15. The number of amides is 1. The molecule has 0 spiro atoms. The molecule has 1 aromatic rings. The topological polar surface area (TPSA) is 58.6 Å². The number of aryl methyl sites for hydroxylation is 1. The van der Waals surface area contributed by atoms with Crippen LogP contribution in [0.2, 0.25) is 0 Å². The summed E-state index contributed by atoms with van der Waals surface area (Å²) in [6.45, 7) is 5.77. The molecule has 4 heteroatoms. The van der Waals surface area contributed by atoms with Gasteiger partial charge in [0, 0.05) is 24.5 Å². The Kier molecular flexibility index (Phi) is 3.57. The van der Waals surface area contributed by atoms with Gasteiger partial charge in [-0.05, 0) is 19.9 Å². The summed E-state index contributed by atoms with van der Waals surface area (Å²) in [7, 11) is 0. The fourth-order valence-electron chi connectivity index (χ4n) is 2.40. The smallest absolute Gasteiger partial charge is 0.217 e. The van der Waals surface area contributed by atoms with Crippen LogP contribution in [0.4, 0.5) is 0 Å². The standard InChI is InChI=1S/C14H19NO3/c1-8-6-11(9(2)16)14-12(7-8)13(4-5-18-14)15-10(3)17/h6-7,9,13,16H,4-5H2,1-3H3,(H,15,17). The highest BCUT2D eigenvalue weighted by atomic mass is 16.5. The lowest BCUT2D eigenvalue weighted by Crippen LogP contribution is -2.31. The Morgan fingerprint density at radius 3 is 2.89 bits per heavy atom. The molecule has 0 bridgehead atoms. The second-order valence-electron chi connectivity index (χ2n) is 4.84. The number of rotatable bonds is 2. The molecule has 4 nitrogen and oxygen atoms in total. The summed E-state index contributed by atoms with van der Waals surface area (Å²) in [6, 6.07) is 3.92. The predicted molar refractivity (Wildman–Crippen MR) is 68.5 cm³/mol. The van der Waals surface area contributed by atoms with Crippen molar-refractivity contribution < 1.29 is 14.6 Å². The van der Waals surface area contributed by atoms with Gasteiger partial charge in [0.1, 0.15) is 5.75 Å². The molecule has 2 rings (SSSR count). The number of aliphatic hydroxyl groups excluding tert-OH is 1. The van der Waals surface area contributed by atoms with Crippen LogP contribution in [0, 0.1) is 6.92 Å². The van der Waals surface area contributed by atoms with Gasteiger partial charge in [-0.2, -0.15) is 0 Å². The molecule has 2 atom stereocenters. The minimum Gasteiger partial charge on any atom is -0.493 e. The van der Waals surface area contributed by atoms with Gasteiger partial charge in [-0.3, -0.25) is 4.79 Å². The highest BCUT2D eigenvalue weighted by molar-refractivity contribution is 5.73. The van der Waals surface area contributed by atoms with Gasteiger partial charge in [0.15, 0.2) is 0 Å². The molecule has 0 saturated heterocycles. The molecule has 1 aliphatic heterocycles. The fraction of sp³-hybridized carbons (Fsp3) is 0.500. The van der Waals surface area contributed by atoms with Gasteiger partial charge in [0.05, 0.1) is 18.8 Å². The number of ether oxygens (including phenoxy) is 1. The average molecular weight is 249 g/mol. The van der Waals surface area contributed by atoms with E-state index in [1.807, 2.05) is 19.1 Å². The summed E-state index contributed by atoms with van der Waals surface area (Å²) >= 11 is 0. The lowest BCUT2D eigenvalue weighted by Gasteiger charge is -2.29. The van der Waals surface area contributed by atoms with Crippen LogP contribution in [-0.4, -0.2) is 17.6 Å². The first-order valence-corrected chi connectivity index (χ1v) is 6.21. The quantitative estimate of drug-likeness (QED) is 0.843. The number of benzene rings is 1. The van der Waals surface area contributed by atoms with Gasteiger partial charge in [-0.15, -0.1) is 0 Å². The molecule has 2 N–H and O–H groups in total. The largest absolute Gasteiger partial charge is 0.493 e. The summed E-state index contributed by atoms with van der Waals surface area (Å²) < 4.78 is 5.67. The molecule has 1 heterocycles. The van der Waals surface area contributed by atoms with E-state index in [-0.39, 0.29) is 11.9 Å². The number of hydrogen-bond acceptors (Lipinski definition) is 3. The molecule has 2 unspecified atom stereocenters. The minimum absolute atomic E-state index is 0.0244. The number of fused-ring (bicyclic) bond motifs is 1. The van der Waals surface area contributed by atoms with E-state index in [1.165, 1.54) is 6.92 Å². The Balaban J connectivity index is 2.46. The van der Waals surface area contributed by atoms with Crippen LogP contribution in [0.5, 0.6) is 5.75 Å². The molecule has 0 aliphatic carbocycles. The van der Waals surface area contributed by atoms with Crippen LogP contribution < -0.4 is 10.1 Å². The molecule has 0 saturated carbocycles. The highest BCUT2D eigenvalue weighted by Gasteiger charge is 2.26. The van der Waals surface area contributed by atoms with Crippen molar-refractivity contribution >= 4 is 5.91 Å². The fourth-order valence-corrected chi connectivity index (χ4v) is 2.40. The van der Waals surface area contributed by atoms with E-state index in [4.69, 9.17) is 4.74 Å². The molecule has 0 radical (unpaired) electrons. The van der Waals surface area contributed by atoms with E-state index < -0.39 is 6.10 Å². The summed E-state index contributed by atoms with van der Waals surface area (Å²) in [4.78, 5) is 11.2. The van der Waals surface area contributed by atoms with Crippen LogP contribution in [-0.2, 0) is 4.79 Å². The highest BCUT2D eigenvalue weighted by Crippen LogP contribution is 2.38. The second kappa shape index (κ2) is 4.98. The predicted octanol–water partition coefficient (Wildman–Crippen LogP) is 2.01. The van der Waals surface area contributed by atoms with E-state index in [9.17, 15) is 9.90 Å². The molecular weight excluding hydrogens is 230 g/mol. The van der Waals surface area contributed by atoms with Gasteiger partial charge in [-0.25, -0.2) is 0 Å². The lowest BCUT2D eigenvalue weighted by molar-refractivity contribution is -0.119. The number of nitrogens with one attached hydrogen (secondary N) is 1. The normalized spacial score (nSPS) is 19.7. The van der Waals surface area contributed by atoms with E-state index in [2.05, 4.69) is 5.32 Å². The summed E-state index contributed by atoms with van der Waals surface area (Å²) in [5.74, 6) is 0.675. The monoisotopic (exact) mass is 249 g/mol. The summed E-state index contributed by atoms with van der Waals surface area (Å²) in [6.07, 6.45) is 0.185. The molecule has 0 fully saturated rings. The molecule has 98 valence electrons. The molecule has 1 aromatic carbocycles. The number of carbonyl (C=O) groups excluding carboxylic acids is 1. The maximum atomic E-state index is 11.2. The van der Waals surface area contributed by atoms with E-state index >= 15 is 0 Å². The maximum absolute atomic E-state index is 11.2. The molecule has 1 amide bonds. The Morgan fingerprint density at radius 1 is 1.56 bits per heavy atom. The zero-order valence-corrected chi connectivity index (χ0v) is 11.0. The van der Waals surface area contributed by atoms with Crippen molar-refractivity contribution in [2.75, 3.05) is 6.61 Å². The van der Waals surface area contributed by atoms with Gasteiger partial charge in [0.25, 0.3) is 0 Å². The SMILES string of the molecule is CC(=O)NC1CCOc2c(C(C)O)cc(C)cc21. The maximum Gasteiger partial charge on any atom is 0.217 e. The Morgan fingerprint density at radius 2 is 2.28 bits per heavy atom. The number of carbonyl (C=O) groups is 1. The third kappa shape index (κ3) is 2.48. The first kappa shape index (κ1) is 12.9. The van der Waals surface area contributed by atoms with Crippen LogP contribution >= 0.6 is 0 Å². The van der Waals surface area contributed by atoms with E-state index in [0.717, 1.165) is 28.9 Å². The molecule has 18 heavy (non-hydrogen) atoms. The van der Waals surface area contributed by atoms with Crippen molar-refractivity contribution in [3.05, 3.63) is 28.8 Å². The molecular formula is C14H19NO3. The minimum atomic E-state index is -0.574. The van der Waals surface area contributed by atoms with Crippen molar-refractivity contribution in [3.8, 4) is 5.75 Å². The van der Waals surface area contributed by atoms with Crippen molar-refractivity contribution in [3.63, 3.8) is 0 Å². The molecule has 0 aromatic heterocycles. The van der Waals surface area contributed by atoms with E-state index in [0.29, 0.717) is 6.61 Å². The third-order valence-electron chi connectivity index (χ3n) is 3.15. The van der Waals surface area contributed by atoms with Gasteiger partial charge >= 0.3 is 0 Å². The number of hydrogen-bond donors (Lipinski definition) is 2. The molecule has 1 aliphatic rings. The Labute approximate surface area is 107 Å². The lowest BCUT2D eigenvalue weighted by atomic mass is 9.93. The Hall–Kier alpha value is -1.55. The number of aliphatic hydroxyl groups is 1. The summed E-state index contributed by atoms with van der Waals surface area (Å²) in [5.41, 5.74) is 2.82. The first-order valence-electron chi connectivity index (χ1n) is 6.21. The van der Waals surface area contributed by atoms with Crippen molar-refractivity contribution in [1.29, 1.82) is 0 Å². The first-order chi connectivity index (χ1) is 8.49. The van der Waals surface area contributed by atoms with Crippen molar-refractivity contribution in [2.24, 2.45) is 0 Å². The van der Waals surface area contributed by atoms with Crippen LogP contribution in [0.15, 0.2) is 12.1 Å². The zero-order valence-electron chi connectivity index (χ0n) is 11.0. The van der Waals surface area contributed by atoms with Crippen LogP contribution in [0.1, 0.15) is 49.1 Å². The Bertz CT molecular complexity index is 468. The van der Waals surface area contributed by atoms with Crippen LogP contribution in [0.3, 0.4) is 0 Å². The zero-order chi connectivity index (χ0) is 13.3. The summed E-state index contributed by atoms with van der Waals surface area (Å²) in [5, 5.41) is 12.7. The van der Waals surface area contributed by atoms with Gasteiger partial charge in [-0.1, -0.05) is 11.6 Å². The second-order valence-corrected chi connectivity index (χ2v) is 4.84. The van der Waals surface area contributed by atoms with Crippen LogP contribution in [0.25, 0.3) is 0 Å². The van der Waals surface area contributed by atoms with Crippen molar-refractivity contribution in [2.45, 2.75) is 39.3 Å². The van der Waals surface area contributed by atoms with Gasteiger partial charge < -0.3 is 15.2 Å². The van der Waals surface area contributed by atoms with E-state index in [1.54, 1.807) is 6.92 Å². The van der Waals surface area contributed by atoms with Crippen molar-refractivity contribution in [1.82, 2.24) is 5.32 Å². The average Bonchev–Trinajstić information content (AvgIpc) is 2.28.